The molecule has 140 valence electrons. The first kappa shape index (κ1) is 30.3. The van der Waals surface area contributed by atoms with E-state index in [1.54, 1.807) is 0 Å². The summed E-state index contributed by atoms with van der Waals surface area (Å²) >= 11 is 0. The zero-order chi connectivity index (χ0) is 18.9. The summed E-state index contributed by atoms with van der Waals surface area (Å²) in [6.45, 7) is 26.6. The SMILES string of the molecule is C.C=C/C=C(\C=C/C)C(C)(/C(C=C)=C/C=C\C)C(C)C.CC.CC. The molecule has 0 spiro atoms. The van der Waals surface area contributed by atoms with Crippen LogP contribution in [0, 0.1) is 11.3 Å². The Hall–Kier alpha value is -1.56. The van der Waals surface area contributed by atoms with E-state index >= 15 is 0 Å². The van der Waals surface area contributed by atoms with Gasteiger partial charge in [0.2, 0.25) is 0 Å². The van der Waals surface area contributed by atoms with Gasteiger partial charge in [0.25, 0.3) is 0 Å². The van der Waals surface area contributed by atoms with Gasteiger partial charge >= 0.3 is 0 Å². The quantitative estimate of drug-likeness (QED) is 0.409. The van der Waals surface area contributed by atoms with Crippen molar-refractivity contribution in [1.29, 1.82) is 0 Å². The first-order chi connectivity index (χ1) is 11.0. The standard InChI is InChI=1S/C19H28.2C2H6.CH4/c1-8-12-15-17(11-4)19(7,16(5)6)18(13-9-2)14-10-3;2*1-2;/h8-16H,2,4H2,1,3,5-7H3;2*1-2H3;1H4/b12-8-,14-10-,17-15+,18-13+;;;. The average Bonchev–Trinajstić information content (AvgIpc) is 2.58. The van der Waals surface area contributed by atoms with Crippen LogP contribution >= 0.6 is 0 Å². The lowest BCUT2D eigenvalue weighted by Gasteiger charge is -2.37. The van der Waals surface area contributed by atoms with E-state index in [1.807, 2.05) is 59.8 Å². The number of allylic oxidation sites excluding steroid dienone is 10. The van der Waals surface area contributed by atoms with E-state index in [1.165, 1.54) is 11.1 Å². The molecule has 0 saturated heterocycles. The summed E-state index contributed by atoms with van der Waals surface area (Å²) in [5.41, 5.74) is 2.42. The summed E-state index contributed by atoms with van der Waals surface area (Å²) in [4.78, 5) is 0. The number of hydrogen-bond acceptors (Lipinski definition) is 0. The smallest absolute Gasteiger partial charge is 0.0197 e. The molecule has 1 atom stereocenters. The molecule has 0 fully saturated rings. The van der Waals surface area contributed by atoms with Gasteiger partial charge in [-0.3, -0.25) is 0 Å². The summed E-state index contributed by atoms with van der Waals surface area (Å²) in [5.74, 6) is 0.462. The second-order valence-corrected chi connectivity index (χ2v) is 5.07. The summed E-state index contributed by atoms with van der Waals surface area (Å²) in [6, 6.07) is 0. The van der Waals surface area contributed by atoms with E-state index in [-0.39, 0.29) is 12.8 Å². The van der Waals surface area contributed by atoms with Crippen molar-refractivity contribution in [2.45, 2.75) is 69.7 Å². The fourth-order valence-electron chi connectivity index (χ4n) is 2.19. The molecule has 0 amide bonds. The lowest BCUT2D eigenvalue weighted by molar-refractivity contribution is 0.350. The van der Waals surface area contributed by atoms with Gasteiger partial charge in [-0.25, -0.2) is 0 Å². The molecule has 0 heterocycles. The van der Waals surface area contributed by atoms with Crippen molar-refractivity contribution in [2.75, 3.05) is 0 Å². The molecule has 0 nitrogen and oxygen atoms in total. The minimum Gasteiger partial charge on any atom is -0.0991 e. The molecule has 0 N–H and O–H groups in total. The second-order valence-electron chi connectivity index (χ2n) is 5.07. The molecular formula is C24H44. The molecule has 0 bridgehead atoms. The number of rotatable bonds is 7. The molecule has 0 aromatic carbocycles. The maximum atomic E-state index is 3.99. The third kappa shape index (κ3) is 9.55. The van der Waals surface area contributed by atoms with E-state index in [2.05, 4.69) is 64.3 Å². The van der Waals surface area contributed by atoms with Crippen LogP contribution in [0.5, 0.6) is 0 Å². The fourth-order valence-corrected chi connectivity index (χ4v) is 2.19. The largest absolute Gasteiger partial charge is 0.0991 e. The molecule has 0 aliphatic carbocycles. The Balaban J connectivity index is -0.000000369. The predicted octanol–water partition coefficient (Wildman–Crippen LogP) is 8.71. The van der Waals surface area contributed by atoms with Crippen molar-refractivity contribution in [3.05, 3.63) is 72.9 Å². The van der Waals surface area contributed by atoms with Crippen LogP contribution in [-0.4, -0.2) is 0 Å². The molecule has 24 heavy (non-hydrogen) atoms. The molecule has 0 aromatic rings. The average molecular weight is 333 g/mol. The first-order valence-electron chi connectivity index (χ1n) is 8.90. The third-order valence-corrected chi connectivity index (χ3v) is 3.69. The van der Waals surface area contributed by atoms with Gasteiger partial charge in [0.15, 0.2) is 0 Å². The Kier molecular flexibility index (Phi) is 24.6. The van der Waals surface area contributed by atoms with Crippen molar-refractivity contribution < 1.29 is 0 Å². The van der Waals surface area contributed by atoms with E-state index in [0.29, 0.717) is 5.92 Å². The topological polar surface area (TPSA) is 0 Å². The highest BCUT2D eigenvalue weighted by Crippen LogP contribution is 2.43. The van der Waals surface area contributed by atoms with Gasteiger partial charge in [-0.2, -0.15) is 0 Å². The minimum absolute atomic E-state index is 0. The monoisotopic (exact) mass is 332 g/mol. The van der Waals surface area contributed by atoms with Crippen LogP contribution in [-0.2, 0) is 0 Å². The van der Waals surface area contributed by atoms with E-state index < -0.39 is 0 Å². The Morgan fingerprint density at radius 1 is 0.875 bits per heavy atom. The predicted molar refractivity (Wildman–Crippen MR) is 119 cm³/mol. The molecule has 1 unspecified atom stereocenters. The van der Waals surface area contributed by atoms with Crippen molar-refractivity contribution >= 4 is 0 Å². The van der Waals surface area contributed by atoms with Crippen LogP contribution < -0.4 is 0 Å². The Morgan fingerprint density at radius 2 is 1.38 bits per heavy atom. The van der Waals surface area contributed by atoms with Crippen molar-refractivity contribution in [1.82, 2.24) is 0 Å². The fraction of sp³-hybridized carbons (Fsp3) is 0.500. The van der Waals surface area contributed by atoms with Crippen molar-refractivity contribution in [3.8, 4) is 0 Å². The zero-order valence-electron chi connectivity index (χ0n) is 17.1. The maximum Gasteiger partial charge on any atom is 0.0197 e. The van der Waals surface area contributed by atoms with Gasteiger partial charge in [-0.1, -0.05) is 118 Å². The van der Waals surface area contributed by atoms with Gasteiger partial charge in [0.1, 0.15) is 0 Å². The van der Waals surface area contributed by atoms with Crippen molar-refractivity contribution in [2.24, 2.45) is 11.3 Å². The number of hydrogen-bond donors (Lipinski definition) is 0. The minimum atomic E-state index is -0.0675. The highest BCUT2D eigenvalue weighted by Gasteiger charge is 2.33. The van der Waals surface area contributed by atoms with E-state index in [9.17, 15) is 0 Å². The summed E-state index contributed by atoms with van der Waals surface area (Å²) in [5, 5.41) is 0. The van der Waals surface area contributed by atoms with Crippen LogP contribution in [0.4, 0.5) is 0 Å². The Morgan fingerprint density at radius 3 is 1.67 bits per heavy atom. The van der Waals surface area contributed by atoms with Crippen LogP contribution in [0.15, 0.2) is 72.9 Å². The lowest BCUT2D eigenvalue weighted by Crippen LogP contribution is -2.27. The van der Waals surface area contributed by atoms with Crippen LogP contribution in [0.25, 0.3) is 0 Å². The van der Waals surface area contributed by atoms with E-state index in [4.69, 9.17) is 0 Å². The van der Waals surface area contributed by atoms with Gasteiger partial charge < -0.3 is 0 Å². The van der Waals surface area contributed by atoms with Crippen molar-refractivity contribution in [3.63, 3.8) is 0 Å². The summed E-state index contributed by atoms with van der Waals surface area (Å²) in [6.07, 6.45) is 16.4. The lowest BCUT2D eigenvalue weighted by atomic mass is 9.67. The van der Waals surface area contributed by atoms with Crippen LogP contribution in [0.2, 0.25) is 0 Å². The second kappa shape index (κ2) is 19.5. The highest BCUT2D eigenvalue weighted by atomic mass is 14.4. The van der Waals surface area contributed by atoms with Gasteiger partial charge in [0.05, 0.1) is 0 Å². The van der Waals surface area contributed by atoms with Gasteiger partial charge in [-0.05, 0) is 30.9 Å². The molecule has 0 radical (unpaired) electrons. The molecule has 0 rings (SSSR count). The van der Waals surface area contributed by atoms with Gasteiger partial charge in [0, 0.05) is 5.41 Å². The Bertz CT molecular complexity index is 413. The third-order valence-electron chi connectivity index (χ3n) is 3.69. The molecule has 0 heteroatoms. The summed E-state index contributed by atoms with van der Waals surface area (Å²) in [7, 11) is 0. The van der Waals surface area contributed by atoms with Gasteiger partial charge in [-0.15, -0.1) is 0 Å². The highest BCUT2D eigenvalue weighted by molar-refractivity contribution is 5.43. The maximum absolute atomic E-state index is 3.99. The van der Waals surface area contributed by atoms with Crippen LogP contribution in [0.1, 0.15) is 69.7 Å². The normalized spacial score (nSPS) is 14.1. The van der Waals surface area contributed by atoms with Crippen LogP contribution in [0.3, 0.4) is 0 Å². The molecular weight excluding hydrogens is 288 g/mol. The van der Waals surface area contributed by atoms with E-state index in [0.717, 1.165) is 0 Å². The molecule has 0 aliphatic rings. The molecule has 0 aliphatic heterocycles. The molecule has 0 aromatic heterocycles. The zero-order valence-corrected chi connectivity index (χ0v) is 17.1. The molecule has 0 saturated carbocycles. The first-order valence-corrected chi connectivity index (χ1v) is 8.90. The summed E-state index contributed by atoms with van der Waals surface area (Å²) < 4.78 is 0. The Labute approximate surface area is 154 Å².